The van der Waals surface area contributed by atoms with E-state index >= 15 is 0 Å². The van der Waals surface area contributed by atoms with Gasteiger partial charge in [-0.2, -0.15) is 0 Å². The Labute approximate surface area is 184 Å². The number of carbonyl (C=O) groups excluding carboxylic acids is 1. The fourth-order valence-electron chi connectivity index (χ4n) is 4.28. The summed E-state index contributed by atoms with van der Waals surface area (Å²) in [6.45, 7) is 3.46. The number of nitrogens with zero attached hydrogens (tertiary/aromatic N) is 1. The van der Waals surface area contributed by atoms with Crippen LogP contribution >= 0.6 is 0 Å². The maximum absolute atomic E-state index is 12.7. The van der Waals surface area contributed by atoms with Crippen molar-refractivity contribution in [2.45, 2.75) is 25.4 Å². The molecule has 1 fully saturated rings. The van der Waals surface area contributed by atoms with Crippen molar-refractivity contribution >= 4 is 6.09 Å². The molecule has 4 rings (SSSR count). The number of nitrogens with one attached hydrogen (secondary N) is 1. The highest BCUT2D eigenvalue weighted by Crippen LogP contribution is 2.23. The number of likely N-dealkylation sites (tertiary alicyclic amines) is 1. The third kappa shape index (κ3) is 6.19. The van der Waals surface area contributed by atoms with Crippen LogP contribution in [0.1, 0.15) is 35.6 Å². The number of benzene rings is 3. The number of ether oxygens (including phenoxy) is 1. The smallest absolute Gasteiger partial charge is 0.407 e. The molecule has 0 saturated carbocycles. The van der Waals surface area contributed by atoms with Gasteiger partial charge in [-0.3, -0.25) is 4.90 Å². The molecule has 1 atom stereocenters. The van der Waals surface area contributed by atoms with Gasteiger partial charge < -0.3 is 10.1 Å². The van der Waals surface area contributed by atoms with Gasteiger partial charge in [-0.15, -0.1) is 0 Å². The Kier molecular flexibility index (Phi) is 7.35. The lowest BCUT2D eigenvalue weighted by molar-refractivity contribution is 0.0858. The molecule has 3 aromatic rings. The number of hydrogen-bond donors (Lipinski definition) is 1. The molecule has 4 heteroatoms. The van der Waals surface area contributed by atoms with Crippen molar-refractivity contribution in [1.82, 2.24) is 10.2 Å². The lowest BCUT2D eigenvalue weighted by Gasteiger charge is -2.32. The van der Waals surface area contributed by atoms with Crippen LogP contribution in [0.4, 0.5) is 4.79 Å². The number of alkyl carbamates (subject to hydrolysis) is 1. The number of hydrogen-bond acceptors (Lipinski definition) is 3. The minimum absolute atomic E-state index is 0.226. The molecule has 3 aromatic carbocycles. The van der Waals surface area contributed by atoms with Gasteiger partial charge >= 0.3 is 6.09 Å². The molecule has 1 aliphatic heterocycles. The molecular weight excluding hydrogens is 384 g/mol. The molecule has 1 unspecified atom stereocenters. The largest absolute Gasteiger partial charge is 0.449 e. The van der Waals surface area contributed by atoms with Gasteiger partial charge in [0.05, 0.1) is 12.6 Å². The van der Waals surface area contributed by atoms with Crippen molar-refractivity contribution < 1.29 is 9.53 Å². The zero-order chi connectivity index (χ0) is 21.3. The zero-order valence-corrected chi connectivity index (χ0v) is 17.8. The van der Waals surface area contributed by atoms with Gasteiger partial charge in [-0.05, 0) is 36.1 Å². The van der Waals surface area contributed by atoms with E-state index in [4.69, 9.17) is 4.74 Å². The summed E-state index contributed by atoms with van der Waals surface area (Å²) in [7, 11) is 0. The predicted molar refractivity (Wildman–Crippen MR) is 124 cm³/mol. The van der Waals surface area contributed by atoms with E-state index in [-0.39, 0.29) is 12.1 Å². The molecule has 0 radical (unpaired) electrons. The molecule has 0 spiro atoms. The lowest BCUT2D eigenvalue weighted by atomic mass is 9.98. The fraction of sp³-hybridized carbons (Fsp3) is 0.296. The summed E-state index contributed by atoms with van der Waals surface area (Å²) in [5, 5.41) is 3.07. The Morgan fingerprint density at radius 3 is 2.10 bits per heavy atom. The van der Waals surface area contributed by atoms with Gasteiger partial charge in [0.25, 0.3) is 0 Å². The number of carbonyl (C=O) groups is 1. The molecule has 1 saturated heterocycles. The molecule has 1 amide bonds. The topological polar surface area (TPSA) is 41.6 Å². The Morgan fingerprint density at radius 2 is 1.48 bits per heavy atom. The molecular formula is C27H30N2O2. The van der Waals surface area contributed by atoms with Gasteiger partial charge in [0.1, 0.15) is 0 Å². The van der Waals surface area contributed by atoms with Crippen LogP contribution in [0, 0.1) is 5.92 Å². The van der Waals surface area contributed by atoms with E-state index < -0.39 is 0 Å². The van der Waals surface area contributed by atoms with E-state index in [1.54, 1.807) is 0 Å². The zero-order valence-electron chi connectivity index (χ0n) is 17.8. The summed E-state index contributed by atoms with van der Waals surface area (Å²) in [4.78, 5) is 15.1. The van der Waals surface area contributed by atoms with E-state index in [1.165, 1.54) is 5.56 Å². The highest BCUT2D eigenvalue weighted by molar-refractivity contribution is 5.68. The van der Waals surface area contributed by atoms with Crippen LogP contribution in [0.15, 0.2) is 91.0 Å². The van der Waals surface area contributed by atoms with E-state index in [9.17, 15) is 4.79 Å². The first kappa shape index (κ1) is 21.1. The first-order valence-corrected chi connectivity index (χ1v) is 11.1. The summed E-state index contributed by atoms with van der Waals surface area (Å²) in [5.41, 5.74) is 3.41. The molecule has 0 aliphatic carbocycles. The SMILES string of the molecule is O=C(NC(c1ccccc1)c1ccccc1)OCC1CCCN(Cc2ccccc2)C1. The van der Waals surface area contributed by atoms with Gasteiger partial charge in [-0.1, -0.05) is 91.0 Å². The maximum atomic E-state index is 12.7. The van der Waals surface area contributed by atoms with E-state index in [0.29, 0.717) is 12.5 Å². The Bertz CT molecular complexity index is 892. The van der Waals surface area contributed by atoms with E-state index in [2.05, 4.69) is 34.5 Å². The summed E-state index contributed by atoms with van der Waals surface area (Å²) < 4.78 is 5.68. The normalized spacial score (nSPS) is 16.7. The van der Waals surface area contributed by atoms with Gasteiger partial charge in [0, 0.05) is 19.0 Å². The highest BCUT2D eigenvalue weighted by atomic mass is 16.5. The Hall–Kier alpha value is -3.11. The minimum Gasteiger partial charge on any atom is -0.449 e. The summed E-state index contributed by atoms with van der Waals surface area (Å²) in [6, 6.07) is 30.3. The predicted octanol–water partition coefficient (Wildman–Crippen LogP) is 5.41. The van der Waals surface area contributed by atoms with Crippen molar-refractivity contribution in [1.29, 1.82) is 0 Å². The minimum atomic E-state index is -0.363. The van der Waals surface area contributed by atoms with Gasteiger partial charge in [0.2, 0.25) is 0 Å². The van der Waals surface area contributed by atoms with Crippen LogP contribution in [0.3, 0.4) is 0 Å². The highest BCUT2D eigenvalue weighted by Gasteiger charge is 2.23. The molecule has 0 bridgehead atoms. The maximum Gasteiger partial charge on any atom is 0.407 e. The van der Waals surface area contributed by atoms with Crippen molar-refractivity contribution in [2.24, 2.45) is 5.92 Å². The van der Waals surface area contributed by atoms with E-state index in [1.807, 2.05) is 66.7 Å². The number of rotatable bonds is 7. The third-order valence-corrected chi connectivity index (χ3v) is 5.83. The quantitative estimate of drug-likeness (QED) is 0.562. The van der Waals surface area contributed by atoms with Crippen molar-refractivity contribution in [3.05, 3.63) is 108 Å². The first-order chi connectivity index (χ1) is 15.3. The standard InChI is InChI=1S/C27H30N2O2/c30-27(28-26(24-14-6-2-7-15-24)25-16-8-3-9-17-25)31-21-23-13-10-18-29(20-23)19-22-11-4-1-5-12-22/h1-9,11-12,14-17,23,26H,10,13,18-21H2,(H,28,30). The van der Waals surface area contributed by atoms with Crippen LogP contribution in [0.2, 0.25) is 0 Å². The second kappa shape index (κ2) is 10.8. The average Bonchev–Trinajstić information content (AvgIpc) is 2.83. The summed E-state index contributed by atoms with van der Waals surface area (Å²) in [5.74, 6) is 0.370. The van der Waals surface area contributed by atoms with Crippen LogP contribution < -0.4 is 5.32 Å². The van der Waals surface area contributed by atoms with Crippen LogP contribution in [0.5, 0.6) is 0 Å². The molecule has 160 valence electrons. The van der Waals surface area contributed by atoms with E-state index in [0.717, 1.165) is 43.6 Å². The lowest BCUT2D eigenvalue weighted by Crippen LogP contribution is -2.38. The van der Waals surface area contributed by atoms with Gasteiger partial charge in [-0.25, -0.2) is 4.79 Å². The first-order valence-electron chi connectivity index (χ1n) is 11.1. The molecule has 0 aromatic heterocycles. The van der Waals surface area contributed by atoms with Crippen LogP contribution in [-0.4, -0.2) is 30.7 Å². The van der Waals surface area contributed by atoms with Crippen molar-refractivity contribution in [2.75, 3.05) is 19.7 Å². The Morgan fingerprint density at radius 1 is 0.903 bits per heavy atom. The van der Waals surface area contributed by atoms with Crippen LogP contribution in [-0.2, 0) is 11.3 Å². The fourth-order valence-corrected chi connectivity index (χ4v) is 4.28. The molecule has 1 heterocycles. The molecule has 4 nitrogen and oxygen atoms in total. The summed E-state index contributed by atoms with van der Waals surface area (Å²) in [6.07, 6.45) is 1.87. The van der Waals surface area contributed by atoms with Crippen molar-refractivity contribution in [3.8, 4) is 0 Å². The number of piperidine rings is 1. The molecule has 1 N–H and O–H groups in total. The molecule has 31 heavy (non-hydrogen) atoms. The van der Waals surface area contributed by atoms with Crippen LogP contribution in [0.25, 0.3) is 0 Å². The van der Waals surface area contributed by atoms with Gasteiger partial charge in [0.15, 0.2) is 0 Å². The average molecular weight is 415 g/mol. The monoisotopic (exact) mass is 414 g/mol. The Balaban J connectivity index is 1.32. The summed E-state index contributed by atoms with van der Waals surface area (Å²) >= 11 is 0. The second-order valence-electron chi connectivity index (χ2n) is 8.23. The molecule has 1 aliphatic rings. The van der Waals surface area contributed by atoms with Crippen molar-refractivity contribution in [3.63, 3.8) is 0 Å². The third-order valence-electron chi connectivity index (χ3n) is 5.83. The number of amides is 1. The second-order valence-corrected chi connectivity index (χ2v) is 8.23.